The Balaban J connectivity index is 0. The van der Waals surface area contributed by atoms with Crippen LogP contribution in [0, 0.1) is 6.92 Å². The topological polar surface area (TPSA) is 0 Å². The summed E-state index contributed by atoms with van der Waals surface area (Å²) in [6, 6.07) is 4.67. The van der Waals surface area contributed by atoms with E-state index in [-0.39, 0.29) is 37.2 Å². The molecule has 0 bridgehead atoms. The molecule has 1 aliphatic carbocycles. The van der Waals surface area contributed by atoms with Crippen LogP contribution >= 0.6 is 0 Å². The van der Waals surface area contributed by atoms with Gasteiger partial charge in [-0.25, -0.2) is 0 Å². The molecule has 0 radical (unpaired) electrons. The van der Waals surface area contributed by atoms with Crippen molar-refractivity contribution in [3.8, 4) is 0 Å². The van der Waals surface area contributed by atoms with Crippen LogP contribution in [0.2, 0.25) is 19.6 Å². The molecule has 20 heavy (non-hydrogen) atoms. The zero-order valence-corrected chi connectivity index (χ0v) is 17.7. The van der Waals surface area contributed by atoms with Gasteiger partial charge >= 0.3 is 118 Å². The fourth-order valence-corrected chi connectivity index (χ4v) is 6.25. The molecule has 0 aliphatic heterocycles. The predicted octanol–water partition coefficient (Wildman–Crippen LogP) is -5.05. The van der Waals surface area contributed by atoms with Gasteiger partial charge in [0, 0.05) is 0 Å². The number of allylic oxidation sites excluding steroid dienone is 2. The second-order valence-corrected chi connectivity index (χ2v) is 12.5. The molecule has 0 saturated heterocycles. The summed E-state index contributed by atoms with van der Waals surface area (Å²) < 4.78 is 1.42. The van der Waals surface area contributed by atoms with Gasteiger partial charge in [-0.05, 0) is 0 Å². The van der Waals surface area contributed by atoms with Crippen molar-refractivity contribution >= 4 is 17.5 Å². The van der Waals surface area contributed by atoms with Crippen LogP contribution in [0.1, 0.15) is 36.1 Å². The molecule has 1 aromatic carbocycles. The van der Waals surface area contributed by atoms with E-state index in [1.807, 2.05) is 0 Å². The van der Waals surface area contributed by atoms with Gasteiger partial charge < -0.3 is 37.2 Å². The summed E-state index contributed by atoms with van der Waals surface area (Å²) in [5.74, 6) is 0. The molecule has 1 atom stereocenters. The van der Waals surface area contributed by atoms with E-state index in [1.165, 1.54) is 15.0 Å². The van der Waals surface area contributed by atoms with Crippen LogP contribution in [0.25, 0.3) is 5.57 Å². The van der Waals surface area contributed by atoms with Crippen LogP contribution < -0.4 is 41.1 Å². The maximum absolute atomic E-state index is 2.48. The minimum absolute atomic E-state index is 0. The molecule has 0 nitrogen and oxygen atoms in total. The summed E-state index contributed by atoms with van der Waals surface area (Å²) in [5, 5.41) is 0. The van der Waals surface area contributed by atoms with Crippen molar-refractivity contribution < 1.29 is 57.7 Å². The maximum Gasteiger partial charge on any atom is -1.00 e. The molecule has 1 aromatic rings. The van der Waals surface area contributed by atoms with Crippen molar-refractivity contribution in [2.24, 2.45) is 0 Å². The molecule has 0 fully saturated rings. The van der Waals surface area contributed by atoms with Crippen molar-refractivity contribution in [3.63, 3.8) is 0 Å². The van der Waals surface area contributed by atoms with Gasteiger partial charge in [-0.3, -0.25) is 0 Å². The van der Waals surface area contributed by atoms with Crippen LogP contribution in [-0.4, -0.2) is 8.07 Å². The molecule has 0 heterocycles. The van der Waals surface area contributed by atoms with Crippen LogP contribution in [0.4, 0.5) is 0 Å². The minimum atomic E-state index is -1.18. The first-order valence-electron chi connectivity index (χ1n) is 6.28. The quantitative estimate of drug-likeness (QED) is 0.426. The summed E-state index contributed by atoms with van der Waals surface area (Å²) in [6.45, 7) is 14.4. The first kappa shape index (κ1) is 23.0. The number of halogens is 3. The van der Waals surface area contributed by atoms with Gasteiger partial charge in [-0.15, -0.1) is 0 Å². The summed E-state index contributed by atoms with van der Waals surface area (Å²) in [4.78, 5) is 0. The molecule has 1 unspecified atom stereocenters. The zero-order chi connectivity index (χ0) is 13.0. The van der Waals surface area contributed by atoms with Crippen molar-refractivity contribution in [1.29, 1.82) is 0 Å². The molecule has 5 heteroatoms. The normalized spacial score (nSPS) is 16.9. The Labute approximate surface area is 154 Å². The Morgan fingerprint density at radius 1 is 0.950 bits per heavy atom. The van der Waals surface area contributed by atoms with Crippen molar-refractivity contribution in [3.05, 3.63) is 34.4 Å². The molecule has 0 saturated carbocycles. The van der Waals surface area contributed by atoms with Gasteiger partial charge in [-0.2, -0.15) is 0 Å². The molecule has 110 valence electrons. The van der Waals surface area contributed by atoms with Crippen molar-refractivity contribution in [1.82, 2.24) is 0 Å². The van der Waals surface area contributed by atoms with Gasteiger partial charge in [0.2, 0.25) is 0 Å². The summed E-state index contributed by atoms with van der Waals surface area (Å²) >= 11 is 2.22. The molecule has 0 N–H and O–H groups in total. The average molecular weight is 384 g/mol. The van der Waals surface area contributed by atoms with E-state index in [1.54, 1.807) is 16.7 Å². The third kappa shape index (κ3) is 3.74. The number of fused-ring (bicyclic) bond motifs is 1. The zero-order valence-electron chi connectivity index (χ0n) is 12.9. The first-order chi connectivity index (χ1) is 7.75. The molecule has 0 spiro atoms. The Bertz CT molecular complexity index is 519. The summed E-state index contributed by atoms with van der Waals surface area (Å²) in [7, 11) is -1.18. The van der Waals surface area contributed by atoms with Gasteiger partial charge in [0.15, 0.2) is 0 Å². The molecule has 2 rings (SSSR count). The monoisotopic (exact) mass is 382 g/mol. The van der Waals surface area contributed by atoms with Crippen LogP contribution in [0.15, 0.2) is 17.7 Å². The predicted molar refractivity (Wildman–Crippen MR) is 75.2 cm³/mol. The van der Waals surface area contributed by atoms with Crippen LogP contribution in [0.3, 0.4) is 0 Å². The van der Waals surface area contributed by atoms with Crippen LogP contribution in [0.5, 0.6) is 0 Å². The van der Waals surface area contributed by atoms with Crippen molar-refractivity contribution in [2.45, 2.75) is 46.0 Å². The van der Waals surface area contributed by atoms with E-state index in [4.69, 9.17) is 0 Å². The van der Waals surface area contributed by atoms with E-state index >= 15 is 0 Å². The SMILES string of the molecule is CC1=C(C)C([Si](C)(C)C)c2cc[c]([Ti+3])c(C)c21.[Cl-].[Cl-].[Cl-]. The standard InChI is InChI=1S/C15H21Si.3ClH.Ti/c1-10-8-7-9-13-14(10)11(2)12(3)15(13)16(4,5)6;;;;/h7,9,15H,1-6H3;3*1H;/q;;;;+3/p-3. The molecule has 0 aromatic heterocycles. The second kappa shape index (κ2) is 7.85. The Hall–Kier alpha value is 0.761. The maximum atomic E-state index is 2.48. The first-order valence-corrected chi connectivity index (χ1v) is 10.6. The Morgan fingerprint density at radius 3 is 1.90 bits per heavy atom. The second-order valence-electron chi connectivity index (χ2n) is 6.31. The number of benzene rings is 1. The Morgan fingerprint density at radius 2 is 1.45 bits per heavy atom. The molecular formula is C15H21Cl3SiTi. The van der Waals surface area contributed by atoms with E-state index in [0.717, 1.165) is 5.54 Å². The average Bonchev–Trinajstić information content (AvgIpc) is 2.46. The van der Waals surface area contributed by atoms with E-state index < -0.39 is 8.07 Å². The van der Waals surface area contributed by atoms with Gasteiger partial charge in [0.25, 0.3) is 0 Å². The summed E-state index contributed by atoms with van der Waals surface area (Å²) in [5.41, 5.74) is 8.51. The fourth-order valence-electron chi connectivity index (χ4n) is 3.23. The molecule has 1 aliphatic rings. The van der Waals surface area contributed by atoms with Gasteiger partial charge in [-0.1, -0.05) is 0 Å². The Kier molecular flexibility index (Phi) is 9.04. The minimum Gasteiger partial charge on any atom is -1.00 e. The molecular weight excluding hydrogens is 362 g/mol. The van der Waals surface area contributed by atoms with E-state index in [0.29, 0.717) is 0 Å². The van der Waals surface area contributed by atoms with Crippen LogP contribution in [-0.2, 0) is 20.4 Å². The van der Waals surface area contributed by atoms with E-state index in [9.17, 15) is 0 Å². The number of rotatable bonds is 1. The molecule has 0 amide bonds. The van der Waals surface area contributed by atoms with E-state index in [2.05, 4.69) is 73.0 Å². The van der Waals surface area contributed by atoms with Crippen molar-refractivity contribution in [2.75, 3.05) is 0 Å². The number of hydrogen-bond donors (Lipinski definition) is 0. The largest absolute Gasteiger partial charge is 1.00 e. The van der Waals surface area contributed by atoms with Gasteiger partial charge in [0.05, 0.1) is 0 Å². The third-order valence-corrected chi connectivity index (χ3v) is 7.40. The van der Waals surface area contributed by atoms with Gasteiger partial charge in [0.1, 0.15) is 0 Å². The summed E-state index contributed by atoms with van der Waals surface area (Å²) in [6.07, 6.45) is 0. The number of hydrogen-bond acceptors (Lipinski definition) is 0. The third-order valence-electron chi connectivity index (χ3n) is 4.07. The fraction of sp³-hybridized carbons (Fsp3) is 0.467. The smallest absolute Gasteiger partial charge is 1.00 e.